The van der Waals surface area contributed by atoms with Crippen molar-refractivity contribution in [3.8, 4) is 0 Å². The highest BCUT2D eigenvalue weighted by Crippen LogP contribution is 2.52. The van der Waals surface area contributed by atoms with Crippen molar-refractivity contribution in [2.24, 2.45) is 28.8 Å². The highest BCUT2D eigenvalue weighted by atomic mass is 32.2. The highest BCUT2D eigenvalue weighted by molar-refractivity contribution is 7.89. The van der Waals surface area contributed by atoms with Gasteiger partial charge in [-0.25, -0.2) is 13.4 Å². The molecule has 6 nitrogen and oxygen atoms in total. The van der Waals surface area contributed by atoms with E-state index >= 15 is 0 Å². The Morgan fingerprint density at radius 3 is 2.19 bits per heavy atom. The van der Waals surface area contributed by atoms with E-state index in [0.29, 0.717) is 30.7 Å². The van der Waals surface area contributed by atoms with Crippen LogP contribution in [0, 0.1) is 23.7 Å². The zero-order valence-corrected chi connectivity index (χ0v) is 16.4. The molecule has 0 unspecified atom stereocenters. The van der Waals surface area contributed by atoms with E-state index in [-0.39, 0.29) is 4.90 Å². The quantitative estimate of drug-likeness (QED) is 0.773. The minimum atomic E-state index is -3.46. The number of nitrogens with zero attached hydrogens (tertiary/aromatic N) is 3. The van der Waals surface area contributed by atoms with E-state index in [2.05, 4.69) is 10.4 Å². The van der Waals surface area contributed by atoms with Crippen LogP contribution in [0.4, 0.5) is 5.82 Å². The molecule has 4 aliphatic carbocycles. The Morgan fingerprint density at radius 1 is 1.08 bits per heavy atom. The molecule has 1 N–H and O–H groups in total. The van der Waals surface area contributed by atoms with Crippen LogP contribution in [0.3, 0.4) is 0 Å². The molecule has 1 aromatic rings. The highest BCUT2D eigenvalue weighted by Gasteiger charge is 2.46. The summed E-state index contributed by atoms with van der Waals surface area (Å²) in [6.07, 6.45) is 8.03. The number of hydrogen-bond acceptors (Lipinski definition) is 5. The van der Waals surface area contributed by atoms with Gasteiger partial charge in [0.1, 0.15) is 10.7 Å². The third-order valence-electron chi connectivity index (χ3n) is 6.35. The Bertz CT molecular complexity index is 754. The Morgan fingerprint density at radius 2 is 1.69 bits per heavy atom. The lowest BCUT2D eigenvalue weighted by molar-refractivity contribution is 0.108. The van der Waals surface area contributed by atoms with Gasteiger partial charge >= 0.3 is 0 Å². The van der Waals surface area contributed by atoms with Crippen LogP contribution in [-0.2, 0) is 10.0 Å². The molecule has 1 aromatic heterocycles. The summed E-state index contributed by atoms with van der Waals surface area (Å²) in [5, 5.41) is 4.70. The largest absolute Gasteiger partial charge is 0.261 e. The van der Waals surface area contributed by atoms with Crippen LogP contribution in [0.5, 0.6) is 0 Å². The Balaban J connectivity index is 1.47. The van der Waals surface area contributed by atoms with Gasteiger partial charge in [-0.2, -0.15) is 9.41 Å². The van der Waals surface area contributed by atoms with Crippen molar-refractivity contribution in [2.45, 2.75) is 50.8 Å². The van der Waals surface area contributed by atoms with Crippen LogP contribution in [0.15, 0.2) is 28.3 Å². The number of rotatable bonds is 6. The summed E-state index contributed by atoms with van der Waals surface area (Å²) in [5.74, 6) is 3.71. The Hall–Kier alpha value is -1.47. The van der Waals surface area contributed by atoms with Crippen molar-refractivity contribution < 1.29 is 8.42 Å². The molecule has 4 aliphatic rings. The molecule has 4 bridgehead atoms. The number of anilines is 1. The minimum absolute atomic E-state index is 0.231. The average molecular weight is 377 g/mol. The van der Waals surface area contributed by atoms with Gasteiger partial charge in [-0.15, -0.1) is 0 Å². The molecule has 0 amide bonds. The maximum atomic E-state index is 12.5. The first-order chi connectivity index (χ1) is 12.5. The molecule has 0 atom stereocenters. The summed E-state index contributed by atoms with van der Waals surface area (Å²) in [4.78, 5) is 4.50. The van der Waals surface area contributed by atoms with E-state index in [1.54, 1.807) is 12.1 Å². The second-order valence-corrected chi connectivity index (χ2v) is 9.86. The summed E-state index contributed by atoms with van der Waals surface area (Å²) >= 11 is 0. The lowest BCUT2D eigenvalue weighted by Gasteiger charge is -2.50. The maximum Gasteiger partial charge on any atom is 0.244 e. The third kappa shape index (κ3) is 3.16. The van der Waals surface area contributed by atoms with E-state index in [9.17, 15) is 8.42 Å². The normalized spacial score (nSPS) is 30.0. The van der Waals surface area contributed by atoms with E-state index in [4.69, 9.17) is 5.10 Å². The average Bonchev–Trinajstić information content (AvgIpc) is 2.62. The molecule has 0 spiro atoms. The van der Waals surface area contributed by atoms with Crippen LogP contribution in [-0.4, -0.2) is 36.5 Å². The molecular formula is C19H28N4O2S. The van der Waals surface area contributed by atoms with Crippen molar-refractivity contribution >= 4 is 21.6 Å². The van der Waals surface area contributed by atoms with Gasteiger partial charge in [-0.1, -0.05) is 13.8 Å². The first kappa shape index (κ1) is 17.9. The van der Waals surface area contributed by atoms with Crippen LogP contribution < -0.4 is 5.43 Å². The van der Waals surface area contributed by atoms with Crippen LogP contribution in [0.1, 0.15) is 46.0 Å². The van der Waals surface area contributed by atoms with Gasteiger partial charge in [0.2, 0.25) is 10.0 Å². The molecule has 4 saturated carbocycles. The second kappa shape index (κ2) is 6.93. The molecule has 1 heterocycles. The molecule has 0 radical (unpaired) electrons. The predicted octanol–water partition coefficient (Wildman–Crippen LogP) is 3.34. The Labute approximate surface area is 156 Å². The van der Waals surface area contributed by atoms with E-state index in [0.717, 1.165) is 11.8 Å². The minimum Gasteiger partial charge on any atom is -0.261 e. The summed E-state index contributed by atoms with van der Waals surface area (Å²) in [6.45, 7) is 4.59. The topological polar surface area (TPSA) is 74.7 Å². The fraction of sp³-hybridized carbons (Fsp3) is 0.684. The zero-order valence-electron chi connectivity index (χ0n) is 15.6. The molecule has 0 aliphatic heterocycles. The molecule has 4 fully saturated rings. The number of hydrogen-bond donors (Lipinski definition) is 1. The van der Waals surface area contributed by atoms with Gasteiger partial charge in [-0.3, -0.25) is 5.43 Å². The number of hydrazone groups is 1. The molecular weight excluding hydrogens is 348 g/mol. The first-order valence-corrected chi connectivity index (χ1v) is 11.2. The van der Waals surface area contributed by atoms with Crippen LogP contribution >= 0.6 is 0 Å². The monoisotopic (exact) mass is 376 g/mol. The van der Waals surface area contributed by atoms with Gasteiger partial charge in [0.05, 0.1) is 0 Å². The summed E-state index contributed by atoms with van der Waals surface area (Å²) in [5.41, 5.74) is 4.40. The fourth-order valence-corrected chi connectivity index (χ4v) is 6.69. The maximum absolute atomic E-state index is 12.5. The second-order valence-electron chi connectivity index (χ2n) is 7.92. The molecule has 7 heteroatoms. The first-order valence-electron chi connectivity index (χ1n) is 9.80. The van der Waals surface area contributed by atoms with Crippen molar-refractivity contribution in [1.29, 1.82) is 0 Å². The number of pyridine rings is 1. The van der Waals surface area contributed by atoms with Crippen LogP contribution in [0.25, 0.3) is 0 Å². The summed E-state index contributed by atoms with van der Waals surface area (Å²) < 4.78 is 26.5. The van der Waals surface area contributed by atoms with Crippen LogP contribution in [0.2, 0.25) is 0 Å². The summed E-state index contributed by atoms with van der Waals surface area (Å²) in [7, 11) is -3.46. The van der Waals surface area contributed by atoms with Gasteiger partial charge < -0.3 is 0 Å². The number of nitrogens with one attached hydrogen (secondary N) is 1. The fourth-order valence-electron chi connectivity index (χ4n) is 5.28. The van der Waals surface area contributed by atoms with Gasteiger partial charge in [0.25, 0.3) is 0 Å². The van der Waals surface area contributed by atoms with E-state index < -0.39 is 10.0 Å². The molecule has 0 aromatic carbocycles. The number of aromatic nitrogens is 1. The zero-order chi connectivity index (χ0) is 18.3. The van der Waals surface area contributed by atoms with E-state index in [1.807, 2.05) is 13.8 Å². The lowest BCUT2D eigenvalue weighted by atomic mass is 9.55. The molecule has 26 heavy (non-hydrogen) atoms. The summed E-state index contributed by atoms with van der Waals surface area (Å²) in [6, 6.07) is 3.32. The van der Waals surface area contributed by atoms with Gasteiger partial charge in [0.15, 0.2) is 0 Å². The third-order valence-corrected chi connectivity index (χ3v) is 8.39. The van der Waals surface area contributed by atoms with Crippen molar-refractivity contribution in [1.82, 2.24) is 9.29 Å². The number of sulfonamides is 1. The lowest BCUT2D eigenvalue weighted by Crippen LogP contribution is -2.45. The van der Waals surface area contributed by atoms with Crippen molar-refractivity contribution in [3.05, 3.63) is 18.3 Å². The van der Waals surface area contributed by atoms with Crippen molar-refractivity contribution in [3.63, 3.8) is 0 Å². The predicted molar refractivity (Wildman–Crippen MR) is 102 cm³/mol. The smallest absolute Gasteiger partial charge is 0.244 e. The van der Waals surface area contributed by atoms with Gasteiger partial charge in [-0.05, 0) is 67.9 Å². The standard InChI is InChI=1S/C19H28N4O2S/c1-3-23(4-2)26(24,25)17-5-6-18(20-12-17)21-22-19-15-8-13-7-14(10-15)11-16(19)9-13/h5-6,12-16H,3-4,7-11H2,1-2H3,(H,20,21). The Kier molecular flexibility index (Phi) is 4.77. The van der Waals surface area contributed by atoms with Crippen molar-refractivity contribution in [2.75, 3.05) is 18.5 Å². The molecule has 142 valence electrons. The van der Waals surface area contributed by atoms with E-state index in [1.165, 1.54) is 48.3 Å². The molecule has 0 saturated heterocycles. The molecule has 5 rings (SSSR count). The van der Waals surface area contributed by atoms with Gasteiger partial charge in [0, 0.05) is 25.0 Å². The SMILES string of the molecule is CCN(CC)S(=O)(=O)c1ccc(NN=C2C3CC4CC(C3)CC2C4)nc1.